The smallest absolute Gasteiger partial charge is 1.00 e. The monoisotopic (exact) mass is 554 g/mol. The molecule has 2 fully saturated rings. The van der Waals surface area contributed by atoms with Gasteiger partial charge in [0, 0.05) is 0 Å². The van der Waals surface area contributed by atoms with E-state index in [1.165, 1.54) is 85.8 Å². The van der Waals surface area contributed by atoms with Crippen molar-refractivity contribution in [3.8, 4) is 0 Å². The van der Waals surface area contributed by atoms with Crippen molar-refractivity contribution in [2.45, 2.75) is 82.5 Å². The minimum absolute atomic E-state index is 0. The summed E-state index contributed by atoms with van der Waals surface area (Å²) in [5, 5.41) is 5.66. The van der Waals surface area contributed by atoms with Crippen LogP contribution < -0.4 is 24.8 Å². The standard InChI is InChI=1S/2C15H17.C3H6.2ClH.Ti/c2*1-2-6-12(7-3-1)15-10-13-8-4-5-9-14(13)11-15;1-3-2;;;/h2*4-5,8-12H,1-3,6-7H2;1-3H2;2*1H;/q2*-1;-2;;;+2/p-2. The molecule has 0 aliphatic heterocycles. The van der Waals surface area contributed by atoms with Gasteiger partial charge in [0.2, 0.25) is 0 Å². The van der Waals surface area contributed by atoms with Crippen LogP contribution in [-0.4, -0.2) is 0 Å². The molecular formula is C33H40Cl2Ti-4. The van der Waals surface area contributed by atoms with E-state index < -0.39 is 0 Å². The van der Waals surface area contributed by atoms with E-state index in [9.17, 15) is 0 Å². The summed E-state index contributed by atoms with van der Waals surface area (Å²) >= 11 is 0. The van der Waals surface area contributed by atoms with E-state index in [0.717, 1.165) is 18.3 Å². The first-order valence-corrected chi connectivity index (χ1v) is 13.2. The Morgan fingerprint density at radius 3 is 1.25 bits per heavy atom. The Bertz CT molecular complexity index is 943. The first-order valence-electron chi connectivity index (χ1n) is 13.2. The fraction of sp³-hybridized carbons (Fsp3) is 0.394. The van der Waals surface area contributed by atoms with Crippen LogP contribution in [0.2, 0.25) is 0 Å². The van der Waals surface area contributed by atoms with Crippen LogP contribution in [0.5, 0.6) is 0 Å². The molecule has 0 atom stereocenters. The molecule has 36 heavy (non-hydrogen) atoms. The van der Waals surface area contributed by atoms with Crippen molar-refractivity contribution >= 4 is 21.5 Å². The van der Waals surface area contributed by atoms with Crippen molar-refractivity contribution in [3.63, 3.8) is 0 Å². The number of fused-ring (bicyclic) bond motifs is 2. The van der Waals surface area contributed by atoms with Gasteiger partial charge in [0.05, 0.1) is 0 Å². The van der Waals surface area contributed by atoms with E-state index in [1.54, 1.807) is 11.1 Å². The molecule has 0 bridgehead atoms. The largest absolute Gasteiger partial charge is 2.00 e. The predicted octanol–water partition coefficient (Wildman–Crippen LogP) is 4.26. The van der Waals surface area contributed by atoms with Crippen molar-refractivity contribution in [1.29, 1.82) is 0 Å². The molecule has 0 aromatic heterocycles. The van der Waals surface area contributed by atoms with Gasteiger partial charge in [-0.05, 0) is 37.5 Å². The summed E-state index contributed by atoms with van der Waals surface area (Å²) in [7, 11) is 0. The third-order valence-electron chi connectivity index (χ3n) is 7.43. The van der Waals surface area contributed by atoms with Crippen molar-refractivity contribution in [2.24, 2.45) is 0 Å². The van der Waals surface area contributed by atoms with E-state index in [2.05, 4.69) is 86.6 Å². The average molecular weight is 555 g/mol. The zero-order valence-electron chi connectivity index (χ0n) is 21.5. The summed E-state index contributed by atoms with van der Waals surface area (Å²) in [4.78, 5) is 0. The van der Waals surface area contributed by atoms with E-state index in [4.69, 9.17) is 0 Å². The van der Waals surface area contributed by atoms with Crippen LogP contribution in [0, 0.1) is 13.8 Å². The van der Waals surface area contributed by atoms with Crippen LogP contribution in [0.4, 0.5) is 0 Å². The van der Waals surface area contributed by atoms with Crippen molar-refractivity contribution in [1.82, 2.24) is 0 Å². The molecule has 0 N–H and O–H groups in total. The maximum absolute atomic E-state index is 3.38. The molecule has 2 saturated carbocycles. The SMILES string of the molecule is [CH2-]C[CH2-].[Cl-].[Cl-].[Ti+2].c1ccc2[cH-]c(C3CCCCC3)cc2c1.c1ccc2[cH-]c(C3CCCCC3)cc2c1. The summed E-state index contributed by atoms with van der Waals surface area (Å²) in [5.74, 6) is 1.68. The Morgan fingerprint density at radius 2 is 0.917 bits per heavy atom. The van der Waals surface area contributed by atoms with Crippen molar-refractivity contribution in [3.05, 3.63) is 97.8 Å². The normalized spacial score (nSPS) is 15.8. The second kappa shape index (κ2) is 17.5. The first-order chi connectivity index (χ1) is 16.3. The third-order valence-corrected chi connectivity index (χ3v) is 7.43. The fourth-order valence-electron chi connectivity index (χ4n) is 5.69. The van der Waals surface area contributed by atoms with E-state index in [-0.39, 0.29) is 46.5 Å². The van der Waals surface area contributed by atoms with E-state index >= 15 is 0 Å². The first kappa shape index (κ1) is 33.0. The molecule has 6 rings (SSSR count). The molecule has 0 spiro atoms. The molecule has 0 radical (unpaired) electrons. The average Bonchev–Trinajstić information content (AvgIpc) is 3.51. The van der Waals surface area contributed by atoms with Gasteiger partial charge in [0.15, 0.2) is 0 Å². The quantitative estimate of drug-likeness (QED) is 0.256. The van der Waals surface area contributed by atoms with Gasteiger partial charge in [0.25, 0.3) is 0 Å². The zero-order valence-corrected chi connectivity index (χ0v) is 24.6. The molecule has 0 saturated heterocycles. The summed E-state index contributed by atoms with van der Waals surface area (Å²) < 4.78 is 0. The molecule has 0 amide bonds. The molecule has 0 heterocycles. The molecule has 2 aliphatic rings. The Morgan fingerprint density at radius 1 is 0.583 bits per heavy atom. The van der Waals surface area contributed by atoms with E-state index in [0.29, 0.717) is 0 Å². The second-order valence-corrected chi connectivity index (χ2v) is 9.86. The Labute approximate surface area is 247 Å². The molecule has 4 aromatic rings. The van der Waals surface area contributed by atoms with Gasteiger partial charge < -0.3 is 45.1 Å². The maximum Gasteiger partial charge on any atom is 2.00 e. The molecule has 4 aromatic carbocycles. The molecule has 3 heteroatoms. The minimum atomic E-state index is 0. The third kappa shape index (κ3) is 9.06. The summed E-state index contributed by atoms with van der Waals surface area (Å²) in [5.41, 5.74) is 3.16. The number of rotatable bonds is 2. The molecular weight excluding hydrogens is 515 g/mol. The van der Waals surface area contributed by atoms with Gasteiger partial charge in [-0.15, -0.1) is 81.2 Å². The fourth-order valence-corrected chi connectivity index (χ4v) is 5.69. The summed E-state index contributed by atoms with van der Waals surface area (Å²) in [6.45, 7) is 6.75. The zero-order chi connectivity index (χ0) is 22.9. The molecule has 2 aliphatic carbocycles. The number of hydrogen-bond donors (Lipinski definition) is 0. The van der Waals surface area contributed by atoms with Gasteiger partial charge in [-0.25, -0.2) is 0 Å². The van der Waals surface area contributed by atoms with Crippen molar-refractivity contribution in [2.75, 3.05) is 0 Å². The van der Waals surface area contributed by atoms with Crippen LogP contribution in [0.1, 0.15) is 93.6 Å². The maximum atomic E-state index is 3.38. The Balaban J connectivity index is 0.000000302. The molecule has 194 valence electrons. The van der Waals surface area contributed by atoms with Gasteiger partial charge >= 0.3 is 21.7 Å². The van der Waals surface area contributed by atoms with Crippen LogP contribution in [-0.2, 0) is 21.7 Å². The summed E-state index contributed by atoms with van der Waals surface area (Å²) in [6.07, 6.45) is 14.9. The predicted molar refractivity (Wildman–Crippen MR) is 146 cm³/mol. The Hall–Kier alpha value is -1.05. The van der Waals surface area contributed by atoms with Gasteiger partial charge in [-0.3, -0.25) is 0 Å². The van der Waals surface area contributed by atoms with Crippen LogP contribution in [0.15, 0.2) is 72.8 Å². The number of halogens is 2. The summed E-state index contributed by atoms with van der Waals surface area (Å²) in [6, 6.07) is 27.0. The van der Waals surface area contributed by atoms with Crippen molar-refractivity contribution < 1.29 is 46.5 Å². The number of benzene rings is 2. The number of hydrogen-bond acceptors (Lipinski definition) is 0. The van der Waals surface area contributed by atoms with Gasteiger partial charge in [-0.1, -0.05) is 50.7 Å². The van der Waals surface area contributed by atoms with Crippen LogP contribution in [0.3, 0.4) is 0 Å². The second-order valence-electron chi connectivity index (χ2n) is 9.86. The molecule has 0 unspecified atom stereocenters. The van der Waals surface area contributed by atoms with Gasteiger partial charge in [-0.2, -0.15) is 12.1 Å². The minimum Gasteiger partial charge on any atom is -1.00 e. The van der Waals surface area contributed by atoms with E-state index in [1.807, 2.05) is 0 Å². The topological polar surface area (TPSA) is 0 Å². The Kier molecular flexibility index (Phi) is 16.0. The molecule has 0 nitrogen and oxygen atoms in total. The van der Waals surface area contributed by atoms with Gasteiger partial charge in [0.1, 0.15) is 0 Å². The van der Waals surface area contributed by atoms with Crippen LogP contribution >= 0.6 is 0 Å². The van der Waals surface area contributed by atoms with Crippen LogP contribution in [0.25, 0.3) is 21.5 Å².